The number of nitrogens with two attached hydrogens (primary N) is 1. The van der Waals surface area contributed by atoms with E-state index in [4.69, 9.17) is 5.73 Å². The molecule has 0 fully saturated rings. The summed E-state index contributed by atoms with van der Waals surface area (Å²) in [5, 5.41) is 1.93. The number of pyridine rings is 1. The minimum atomic E-state index is -0.140. The number of carbonyl (C=O) groups excluding carboxylic acids is 1. The highest BCUT2D eigenvalue weighted by Gasteiger charge is 2.15. The van der Waals surface area contributed by atoms with Crippen molar-refractivity contribution in [3.8, 4) is 0 Å². The van der Waals surface area contributed by atoms with Crippen LogP contribution < -0.4 is 5.73 Å². The van der Waals surface area contributed by atoms with Crippen LogP contribution in [0.15, 0.2) is 36.7 Å². The normalized spacial score (nSPS) is 12.6. The molecule has 0 spiro atoms. The van der Waals surface area contributed by atoms with Gasteiger partial charge in [-0.05, 0) is 11.5 Å². The van der Waals surface area contributed by atoms with Crippen LogP contribution in [0.4, 0.5) is 0 Å². The largest absolute Gasteiger partial charge is 0.330 e. The zero-order chi connectivity index (χ0) is 11.5. The second-order valence-electron chi connectivity index (χ2n) is 3.90. The molecular weight excluding hydrogens is 200 g/mol. The summed E-state index contributed by atoms with van der Waals surface area (Å²) in [7, 11) is 0. The Morgan fingerprint density at radius 3 is 3.00 bits per heavy atom. The van der Waals surface area contributed by atoms with Gasteiger partial charge >= 0.3 is 0 Å². The third-order valence-electron chi connectivity index (χ3n) is 2.75. The lowest BCUT2D eigenvalue weighted by Crippen LogP contribution is -2.20. The Hall–Kier alpha value is -1.74. The highest BCUT2D eigenvalue weighted by atomic mass is 16.1. The van der Waals surface area contributed by atoms with Gasteiger partial charge in [0.25, 0.3) is 0 Å². The van der Waals surface area contributed by atoms with Crippen molar-refractivity contribution < 1.29 is 4.79 Å². The van der Waals surface area contributed by atoms with Gasteiger partial charge in [0, 0.05) is 35.8 Å². The molecule has 1 heterocycles. The van der Waals surface area contributed by atoms with Gasteiger partial charge in [0.1, 0.15) is 0 Å². The molecule has 0 aliphatic heterocycles. The minimum Gasteiger partial charge on any atom is -0.330 e. The summed E-state index contributed by atoms with van der Waals surface area (Å²) in [4.78, 5) is 16.1. The summed E-state index contributed by atoms with van der Waals surface area (Å²) >= 11 is 0. The van der Waals surface area contributed by atoms with E-state index >= 15 is 0 Å². The molecule has 82 valence electrons. The fraction of sp³-hybridized carbons (Fsp3) is 0.231. The Labute approximate surface area is 94.3 Å². The summed E-state index contributed by atoms with van der Waals surface area (Å²) < 4.78 is 0. The molecule has 0 amide bonds. The Balaban J connectivity index is 2.56. The molecule has 2 rings (SSSR count). The molecule has 2 N–H and O–H groups in total. The van der Waals surface area contributed by atoms with Crippen molar-refractivity contribution in [3.63, 3.8) is 0 Å². The molecule has 0 aliphatic carbocycles. The SMILES string of the molecule is CC(CN)C(=O)c1cccc2cnccc12. The van der Waals surface area contributed by atoms with Crippen LogP contribution in [0.5, 0.6) is 0 Å². The van der Waals surface area contributed by atoms with E-state index in [0.29, 0.717) is 6.54 Å². The topological polar surface area (TPSA) is 56.0 Å². The Morgan fingerprint density at radius 2 is 2.25 bits per heavy atom. The molecule has 0 radical (unpaired) electrons. The average Bonchev–Trinajstić information content (AvgIpc) is 2.36. The summed E-state index contributed by atoms with van der Waals surface area (Å²) in [5.74, 6) is -0.0435. The van der Waals surface area contributed by atoms with Gasteiger partial charge in [-0.1, -0.05) is 25.1 Å². The number of hydrogen-bond acceptors (Lipinski definition) is 3. The predicted octanol–water partition coefficient (Wildman–Crippen LogP) is 2.01. The molecular formula is C13H14N2O. The fourth-order valence-electron chi connectivity index (χ4n) is 1.71. The Kier molecular flexibility index (Phi) is 2.97. The molecule has 1 aromatic carbocycles. The van der Waals surface area contributed by atoms with E-state index in [1.54, 1.807) is 12.4 Å². The number of rotatable bonds is 3. The molecule has 0 aliphatic rings. The Morgan fingerprint density at radius 1 is 1.44 bits per heavy atom. The third kappa shape index (κ3) is 1.82. The second kappa shape index (κ2) is 4.41. The number of aromatic nitrogens is 1. The lowest BCUT2D eigenvalue weighted by atomic mass is 9.95. The Bertz CT molecular complexity index is 517. The maximum atomic E-state index is 12.1. The van der Waals surface area contributed by atoms with E-state index in [2.05, 4.69) is 4.98 Å². The molecule has 0 saturated carbocycles. The van der Waals surface area contributed by atoms with Crippen molar-refractivity contribution in [1.29, 1.82) is 0 Å². The van der Waals surface area contributed by atoms with Gasteiger partial charge in [0.05, 0.1) is 0 Å². The number of hydrogen-bond donors (Lipinski definition) is 1. The number of benzene rings is 1. The first-order valence-electron chi connectivity index (χ1n) is 5.31. The first-order chi connectivity index (χ1) is 7.74. The number of ketones is 1. The molecule has 2 aromatic rings. The zero-order valence-corrected chi connectivity index (χ0v) is 9.18. The van der Waals surface area contributed by atoms with Crippen molar-refractivity contribution in [1.82, 2.24) is 4.98 Å². The van der Waals surface area contributed by atoms with Crippen LogP contribution in [-0.2, 0) is 0 Å². The van der Waals surface area contributed by atoms with E-state index < -0.39 is 0 Å². The smallest absolute Gasteiger partial charge is 0.167 e. The minimum absolute atomic E-state index is 0.0966. The number of fused-ring (bicyclic) bond motifs is 1. The van der Waals surface area contributed by atoms with Crippen LogP contribution in [0.2, 0.25) is 0 Å². The average molecular weight is 214 g/mol. The van der Waals surface area contributed by atoms with E-state index in [0.717, 1.165) is 16.3 Å². The first-order valence-corrected chi connectivity index (χ1v) is 5.31. The zero-order valence-electron chi connectivity index (χ0n) is 9.18. The van der Waals surface area contributed by atoms with E-state index in [1.807, 2.05) is 31.2 Å². The number of carbonyl (C=O) groups is 1. The molecule has 1 atom stereocenters. The lowest BCUT2D eigenvalue weighted by Gasteiger charge is -2.09. The fourth-order valence-corrected chi connectivity index (χ4v) is 1.71. The van der Waals surface area contributed by atoms with Crippen molar-refractivity contribution in [2.75, 3.05) is 6.54 Å². The van der Waals surface area contributed by atoms with E-state index in [9.17, 15) is 4.79 Å². The lowest BCUT2D eigenvalue weighted by molar-refractivity contribution is 0.0936. The van der Waals surface area contributed by atoms with Gasteiger partial charge in [-0.3, -0.25) is 9.78 Å². The number of nitrogens with zero attached hydrogens (tertiary/aromatic N) is 1. The predicted molar refractivity (Wildman–Crippen MR) is 64.3 cm³/mol. The second-order valence-corrected chi connectivity index (χ2v) is 3.90. The van der Waals surface area contributed by atoms with Crippen molar-refractivity contribution >= 4 is 16.6 Å². The standard InChI is InChI=1S/C13H14N2O/c1-9(7-14)13(16)12-4-2-3-10-8-15-6-5-11(10)12/h2-6,8-9H,7,14H2,1H3. The maximum Gasteiger partial charge on any atom is 0.167 e. The summed E-state index contributed by atoms with van der Waals surface area (Å²) in [6, 6.07) is 7.54. The molecule has 0 bridgehead atoms. The van der Waals surface area contributed by atoms with Crippen LogP contribution in [0.3, 0.4) is 0 Å². The van der Waals surface area contributed by atoms with Gasteiger partial charge in [-0.25, -0.2) is 0 Å². The van der Waals surface area contributed by atoms with Crippen LogP contribution in [0, 0.1) is 5.92 Å². The van der Waals surface area contributed by atoms with Gasteiger partial charge in [-0.15, -0.1) is 0 Å². The molecule has 3 heteroatoms. The van der Waals surface area contributed by atoms with E-state index in [-0.39, 0.29) is 11.7 Å². The van der Waals surface area contributed by atoms with Gasteiger partial charge in [0.15, 0.2) is 5.78 Å². The molecule has 3 nitrogen and oxygen atoms in total. The first kappa shape index (κ1) is 10.8. The van der Waals surface area contributed by atoms with Crippen molar-refractivity contribution in [3.05, 3.63) is 42.2 Å². The van der Waals surface area contributed by atoms with Crippen LogP contribution in [-0.4, -0.2) is 17.3 Å². The van der Waals surface area contributed by atoms with Gasteiger partial charge in [-0.2, -0.15) is 0 Å². The summed E-state index contributed by atoms with van der Waals surface area (Å²) in [6.45, 7) is 2.22. The van der Waals surface area contributed by atoms with Crippen molar-refractivity contribution in [2.45, 2.75) is 6.92 Å². The third-order valence-corrected chi connectivity index (χ3v) is 2.75. The molecule has 0 saturated heterocycles. The molecule has 1 aromatic heterocycles. The molecule has 16 heavy (non-hydrogen) atoms. The highest BCUT2D eigenvalue weighted by Crippen LogP contribution is 2.20. The summed E-state index contributed by atoms with van der Waals surface area (Å²) in [5.41, 5.74) is 6.26. The highest BCUT2D eigenvalue weighted by molar-refractivity contribution is 6.08. The summed E-state index contributed by atoms with van der Waals surface area (Å²) in [6.07, 6.45) is 3.46. The maximum absolute atomic E-state index is 12.1. The van der Waals surface area contributed by atoms with E-state index in [1.165, 1.54) is 0 Å². The van der Waals surface area contributed by atoms with Crippen LogP contribution in [0.1, 0.15) is 17.3 Å². The quantitative estimate of drug-likeness (QED) is 0.795. The van der Waals surface area contributed by atoms with Gasteiger partial charge in [0.2, 0.25) is 0 Å². The van der Waals surface area contributed by atoms with Crippen molar-refractivity contribution in [2.24, 2.45) is 11.7 Å². The number of Topliss-reactive ketones (excluding diaryl/α,β-unsaturated/α-hetero) is 1. The van der Waals surface area contributed by atoms with Crippen LogP contribution >= 0.6 is 0 Å². The van der Waals surface area contributed by atoms with Crippen LogP contribution in [0.25, 0.3) is 10.8 Å². The van der Waals surface area contributed by atoms with Gasteiger partial charge < -0.3 is 5.73 Å². The molecule has 1 unspecified atom stereocenters. The monoisotopic (exact) mass is 214 g/mol.